The van der Waals surface area contributed by atoms with Crippen molar-refractivity contribution in [3.8, 4) is 0 Å². The van der Waals surface area contributed by atoms with E-state index in [-0.39, 0.29) is 11.1 Å². The molecule has 1 rings (SSSR count). The fourth-order valence-corrected chi connectivity index (χ4v) is 0.755. The van der Waals surface area contributed by atoms with E-state index in [4.69, 9.17) is 15.1 Å². The van der Waals surface area contributed by atoms with Gasteiger partial charge in [0.25, 0.3) is 0 Å². The molecule has 6 nitrogen and oxygen atoms in total. The number of hydrogen-bond donors (Lipinski definition) is 3. The summed E-state index contributed by atoms with van der Waals surface area (Å²) in [5, 5.41) is 16.9. The highest BCUT2D eigenvalue weighted by atomic mass is 31.2. The van der Waals surface area contributed by atoms with Gasteiger partial charge in [-0.1, -0.05) is 6.92 Å². The van der Waals surface area contributed by atoms with Crippen molar-refractivity contribution in [2.75, 3.05) is 12.8 Å². The summed E-state index contributed by atoms with van der Waals surface area (Å²) in [5.41, 5.74) is 0.167. The average Bonchev–Trinajstić information content (AvgIpc) is 2.29. The van der Waals surface area contributed by atoms with Crippen LogP contribution < -0.4 is 0 Å². The maximum atomic E-state index is 10.3. The molecule has 0 aromatic heterocycles. The van der Waals surface area contributed by atoms with E-state index >= 15 is 0 Å². The van der Waals surface area contributed by atoms with Crippen LogP contribution in [0.3, 0.4) is 0 Å². The Kier molecular flexibility index (Phi) is 6.30. The molecule has 0 aliphatic rings. The SMILES string of the molecule is CCP(C)(=O)O.O=C(O)c1ccc(C(=O)O)cc1. The van der Waals surface area contributed by atoms with Crippen molar-refractivity contribution < 1.29 is 29.3 Å². The van der Waals surface area contributed by atoms with Crippen LogP contribution in [0, 0.1) is 0 Å². The van der Waals surface area contributed by atoms with Gasteiger partial charge in [-0.15, -0.1) is 0 Å². The van der Waals surface area contributed by atoms with Gasteiger partial charge in [-0.05, 0) is 24.3 Å². The van der Waals surface area contributed by atoms with Crippen LogP contribution in [0.25, 0.3) is 0 Å². The number of carbonyl (C=O) groups is 2. The molecule has 0 amide bonds. The van der Waals surface area contributed by atoms with Crippen LogP contribution in [0.4, 0.5) is 0 Å². The maximum absolute atomic E-state index is 10.3. The minimum atomic E-state index is -2.65. The Hall–Kier alpha value is -1.65. The van der Waals surface area contributed by atoms with Crippen LogP contribution in [0.1, 0.15) is 27.6 Å². The number of rotatable bonds is 3. The molecule has 1 aromatic carbocycles. The predicted octanol–water partition coefficient (Wildman–Crippen LogP) is 1.99. The molecule has 18 heavy (non-hydrogen) atoms. The van der Waals surface area contributed by atoms with Crippen LogP contribution in [-0.2, 0) is 4.57 Å². The van der Waals surface area contributed by atoms with Gasteiger partial charge < -0.3 is 15.1 Å². The summed E-state index contributed by atoms with van der Waals surface area (Å²) < 4.78 is 10.1. The summed E-state index contributed by atoms with van der Waals surface area (Å²) in [5.74, 6) is -2.13. The fourth-order valence-electron chi connectivity index (χ4n) is 0.755. The van der Waals surface area contributed by atoms with Crippen LogP contribution in [0.5, 0.6) is 0 Å². The van der Waals surface area contributed by atoms with Gasteiger partial charge >= 0.3 is 11.9 Å². The minimum absolute atomic E-state index is 0.0833. The number of hydrogen-bond acceptors (Lipinski definition) is 3. The number of aromatic carboxylic acids is 2. The lowest BCUT2D eigenvalue weighted by atomic mass is 10.1. The molecule has 1 unspecified atom stereocenters. The van der Waals surface area contributed by atoms with E-state index in [2.05, 4.69) is 0 Å². The first kappa shape index (κ1) is 16.4. The van der Waals surface area contributed by atoms with Crippen LogP contribution in [0.15, 0.2) is 24.3 Å². The first-order valence-electron chi connectivity index (χ1n) is 5.03. The molecule has 7 heteroatoms. The Morgan fingerprint density at radius 2 is 1.28 bits per heavy atom. The molecule has 1 aromatic rings. The minimum Gasteiger partial charge on any atom is -0.478 e. The molecule has 0 saturated heterocycles. The van der Waals surface area contributed by atoms with Gasteiger partial charge in [0.15, 0.2) is 7.37 Å². The predicted molar refractivity (Wildman–Crippen MR) is 66.7 cm³/mol. The molecular weight excluding hydrogens is 259 g/mol. The van der Waals surface area contributed by atoms with Crippen LogP contribution in [-0.4, -0.2) is 39.9 Å². The lowest BCUT2D eigenvalue weighted by Crippen LogP contribution is -1.99. The van der Waals surface area contributed by atoms with Crippen molar-refractivity contribution in [1.82, 2.24) is 0 Å². The third-order valence-electron chi connectivity index (χ3n) is 1.97. The molecule has 0 spiro atoms. The lowest BCUT2D eigenvalue weighted by molar-refractivity contribution is 0.0681. The Morgan fingerprint density at radius 3 is 1.39 bits per heavy atom. The quantitative estimate of drug-likeness (QED) is 0.726. The van der Waals surface area contributed by atoms with Gasteiger partial charge in [0, 0.05) is 12.8 Å². The molecule has 0 aliphatic carbocycles. The second-order valence-electron chi connectivity index (χ2n) is 3.55. The Labute approximate surface area is 104 Å². The molecule has 0 aliphatic heterocycles. The van der Waals surface area contributed by atoms with Crippen molar-refractivity contribution in [3.63, 3.8) is 0 Å². The lowest BCUT2D eigenvalue weighted by Gasteiger charge is -1.94. The first-order valence-corrected chi connectivity index (χ1v) is 7.32. The molecule has 3 N–H and O–H groups in total. The molecule has 1 atom stereocenters. The summed E-state index contributed by atoms with van der Waals surface area (Å²) in [6.45, 7) is 3.05. The van der Waals surface area contributed by atoms with E-state index in [0.717, 1.165) is 0 Å². The zero-order valence-electron chi connectivity index (χ0n) is 10.0. The summed E-state index contributed by atoms with van der Waals surface area (Å²) in [6.07, 6.45) is 0.382. The topological polar surface area (TPSA) is 112 Å². The highest BCUT2D eigenvalue weighted by Gasteiger charge is 2.04. The molecule has 100 valence electrons. The van der Waals surface area contributed by atoms with Crippen molar-refractivity contribution in [2.24, 2.45) is 0 Å². The van der Waals surface area contributed by atoms with E-state index in [1.165, 1.54) is 30.9 Å². The maximum Gasteiger partial charge on any atom is 0.335 e. The second-order valence-corrected chi connectivity index (χ2v) is 6.29. The molecule has 0 saturated carbocycles. The largest absolute Gasteiger partial charge is 0.478 e. The van der Waals surface area contributed by atoms with Gasteiger partial charge in [0.1, 0.15) is 0 Å². The van der Waals surface area contributed by atoms with Crippen molar-refractivity contribution >= 4 is 19.3 Å². The van der Waals surface area contributed by atoms with E-state index in [1.807, 2.05) is 0 Å². The van der Waals surface area contributed by atoms with Gasteiger partial charge in [-0.25, -0.2) is 9.59 Å². The second kappa shape index (κ2) is 6.93. The zero-order valence-corrected chi connectivity index (χ0v) is 10.9. The summed E-state index contributed by atoms with van der Waals surface area (Å²) in [6, 6.07) is 5.02. The van der Waals surface area contributed by atoms with Gasteiger partial charge in [0.2, 0.25) is 0 Å². The van der Waals surface area contributed by atoms with Gasteiger partial charge in [-0.3, -0.25) is 4.57 Å². The third-order valence-corrected chi connectivity index (χ3v) is 3.14. The average molecular weight is 274 g/mol. The summed E-state index contributed by atoms with van der Waals surface area (Å²) >= 11 is 0. The van der Waals surface area contributed by atoms with Crippen molar-refractivity contribution in [3.05, 3.63) is 35.4 Å². The van der Waals surface area contributed by atoms with Crippen LogP contribution >= 0.6 is 7.37 Å². The Morgan fingerprint density at radius 1 is 1.06 bits per heavy atom. The third kappa shape index (κ3) is 6.83. The monoisotopic (exact) mass is 274 g/mol. The molecule has 0 bridgehead atoms. The zero-order chi connectivity index (χ0) is 14.3. The van der Waals surface area contributed by atoms with E-state index in [1.54, 1.807) is 6.92 Å². The Bertz CT molecular complexity index is 426. The standard InChI is InChI=1S/C8H6O4.C3H9O2P/c9-7(10)5-1-2-6(4-3-5)8(11)12;1-3-6(2,4)5/h1-4H,(H,9,10)(H,11,12);3H2,1-2H3,(H,4,5). The number of carboxylic acids is 2. The fraction of sp³-hybridized carbons (Fsp3) is 0.273. The Balaban J connectivity index is 0.000000411. The molecule has 0 heterocycles. The number of benzene rings is 1. The summed E-state index contributed by atoms with van der Waals surface area (Å²) in [7, 11) is -2.65. The molecule has 0 fully saturated rings. The molecular formula is C11H15O6P. The summed E-state index contributed by atoms with van der Waals surface area (Å²) in [4.78, 5) is 29.1. The highest BCUT2D eigenvalue weighted by Crippen LogP contribution is 2.33. The van der Waals surface area contributed by atoms with Crippen molar-refractivity contribution in [1.29, 1.82) is 0 Å². The smallest absolute Gasteiger partial charge is 0.335 e. The number of carboxylic acid groups (broad SMARTS) is 2. The normalized spacial score (nSPS) is 12.8. The van der Waals surface area contributed by atoms with E-state index in [0.29, 0.717) is 6.16 Å². The molecule has 0 radical (unpaired) electrons. The van der Waals surface area contributed by atoms with Crippen LogP contribution in [0.2, 0.25) is 0 Å². The van der Waals surface area contributed by atoms with Crippen molar-refractivity contribution in [2.45, 2.75) is 6.92 Å². The highest BCUT2D eigenvalue weighted by molar-refractivity contribution is 7.57. The van der Waals surface area contributed by atoms with Gasteiger partial charge in [-0.2, -0.15) is 0 Å². The van der Waals surface area contributed by atoms with Gasteiger partial charge in [0.05, 0.1) is 11.1 Å². The van der Waals surface area contributed by atoms with E-state index in [9.17, 15) is 14.2 Å². The first-order chi connectivity index (χ1) is 8.17. The van der Waals surface area contributed by atoms with E-state index < -0.39 is 19.3 Å².